The van der Waals surface area contributed by atoms with Gasteiger partial charge in [-0.3, -0.25) is 4.79 Å². The molecule has 4 rings (SSSR count). The predicted molar refractivity (Wildman–Crippen MR) is 99.5 cm³/mol. The Hall–Kier alpha value is -2.95. The van der Waals surface area contributed by atoms with E-state index >= 15 is 0 Å². The van der Waals surface area contributed by atoms with Gasteiger partial charge in [0.1, 0.15) is 11.5 Å². The third-order valence-electron chi connectivity index (χ3n) is 4.85. The maximum Gasteiger partial charge on any atom is 0.277 e. The van der Waals surface area contributed by atoms with Crippen molar-refractivity contribution < 1.29 is 9.18 Å². The van der Waals surface area contributed by atoms with Crippen molar-refractivity contribution in [2.45, 2.75) is 26.7 Å². The SMILES string of the molecule is CCc1nn(-c2ccc(F)cc2)c2c1CCN(c1ccc(C)cc1)C2=O. The molecule has 1 aromatic heterocycles. The quantitative estimate of drug-likeness (QED) is 0.714. The molecule has 0 spiro atoms. The molecule has 1 aliphatic heterocycles. The second-order valence-electron chi connectivity index (χ2n) is 6.56. The molecule has 2 aromatic carbocycles. The van der Waals surface area contributed by atoms with Crippen LogP contribution in [0.25, 0.3) is 5.69 Å². The molecule has 4 nitrogen and oxygen atoms in total. The van der Waals surface area contributed by atoms with Crippen LogP contribution < -0.4 is 4.90 Å². The highest BCUT2D eigenvalue weighted by Crippen LogP contribution is 2.29. The van der Waals surface area contributed by atoms with Crippen molar-refractivity contribution in [1.29, 1.82) is 0 Å². The summed E-state index contributed by atoms with van der Waals surface area (Å²) in [7, 11) is 0. The molecule has 3 aromatic rings. The first-order valence-corrected chi connectivity index (χ1v) is 8.83. The zero-order chi connectivity index (χ0) is 18.3. The summed E-state index contributed by atoms with van der Waals surface area (Å²) in [6.07, 6.45) is 1.52. The van der Waals surface area contributed by atoms with E-state index in [1.807, 2.05) is 38.1 Å². The van der Waals surface area contributed by atoms with Crippen LogP contribution in [0.3, 0.4) is 0 Å². The van der Waals surface area contributed by atoms with Crippen LogP contribution in [0.5, 0.6) is 0 Å². The number of aromatic nitrogens is 2. The third kappa shape index (κ3) is 2.69. The van der Waals surface area contributed by atoms with Crippen molar-refractivity contribution in [2.75, 3.05) is 11.4 Å². The molecule has 1 amide bonds. The van der Waals surface area contributed by atoms with Gasteiger partial charge >= 0.3 is 0 Å². The number of nitrogens with zero attached hydrogens (tertiary/aromatic N) is 3. The van der Waals surface area contributed by atoms with Crippen molar-refractivity contribution in [3.8, 4) is 5.69 Å². The minimum absolute atomic E-state index is 0.0633. The third-order valence-corrected chi connectivity index (χ3v) is 4.85. The number of halogens is 1. The molecule has 0 aliphatic carbocycles. The number of hydrogen-bond donors (Lipinski definition) is 0. The zero-order valence-corrected chi connectivity index (χ0v) is 14.9. The standard InChI is InChI=1S/C21H20FN3O/c1-3-19-18-12-13-24(16-8-4-14(2)5-9-16)21(26)20(18)25(23-19)17-10-6-15(22)7-11-17/h4-11H,3,12-13H2,1-2H3. The predicted octanol–water partition coefficient (Wildman–Crippen LogP) is 4.09. The average Bonchev–Trinajstić information content (AvgIpc) is 3.03. The van der Waals surface area contributed by atoms with Gasteiger partial charge in [0.15, 0.2) is 0 Å². The van der Waals surface area contributed by atoms with Crippen LogP contribution in [0.4, 0.5) is 10.1 Å². The largest absolute Gasteiger partial charge is 0.307 e. The first kappa shape index (κ1) is 16.5. The van der Waals surface area contributed by atoms with Crippen molar-refractivity contribution in [1.82, 2.24) is 9.78 Å². The maximum absolute atomic E-state index is 13.3. The van der Waals surface area contributed by atoms with E-state index in [4.69, 9.17) is 0 Å². The van der Waals surface area contributed by atoms with Gasteiger partial charge in [-0.15, -0.1) is 0 Å². The fraction of sp³-hybridized carbons (Fsp3) is 0.238. The van der Waals surface area contributed by atoms with Gasteiger partial charge in [0.2, 0.25) is 0 Å². The van der Waals surface area contributed by atoms with Gasteiger partial charge in [-0.05, 0) is 56.2 Å². The Morgan fingerprint density at radius 3 is 2.35 bits per heavy atom. The summed E-state index contributed by atoms with van der Waals surface area (Å²) in [4.78, 5) is 15.1. The number of carbonyl (C=O) groups excluding carboxylic acids is 1. The van der Waals surface area contributed by atoms with Gasteiger partial charge in [0.25, 0.3) is 5.91 Å². The molecule has 0 radical (unpaired) electrons. The average molecular weight is 349 g/mol. The summed E-state index contributed by atoms with van der Waals surface area (Å²) in [6, 6.07) is 14.0. The molecule has 2 heterocycles. The Morgan fingerprint density at radius 1 is 1.04 bits per heavy atom. The molecule has 0 bridgehead atoms. The fourth-order valence-electron chi connectivity index (χ4n) is 3.46. The molecule has 0 fully saturated rings. The Balaban J connectivity index is 1.81. The van der Waals surface area contributed by atoms with Gasteiger partial charge in [-0.1, -0.05) is 24.6 Å². The smallest absolute Gasteiger partial charge is 0.277 e. The van der Waals surface area contributed by atoms with Gasteiger partial charge < -0.3 is 4.90 Å². The van der Waals surface area contributed by atoms with Gasteiger partial charge in [0.05, 0.1) is 11.4 Å². The van der Waals surface area contributed by atoms with Gasteiger partial charge in [0, 0.05) is 17.8 Å². The van der Waals surface area contributed by atoms with E-state index in [1.54, 1.807) is 21.7 Å². The van der Waals surface area contributed by atoms with Crippen molar-refractivity contribution in [3.63, 3.8) is 0 Å². The highest BCUT2D eigenvalue weighted by atomic mass is 19.1. The van der Waals surface area contributed by atoms with E-state index in [9.17, 15) is 9.18 Å². The van der Waals surface area contributed by atoms with E-state index in [0.29, 0.717) is 17.9 Å². The lowest BCUT2D eigenvalue weighted by Crippen LogP contribution is -2.38. The monoisotopic (exact) mass is 349 g/mol. The zero-order valence-electron chi connectivity index (χ0n) is 14.9. The first-order chi connectivity index (χ1) is 12.6. The van der Waals surface area contributed by atoms with E-state index in [0.717, 1.165) is 35.3 Å². The Bertz CT molecular complexity index is 958. The highest BCUT2D eigenvalue weighted by molar-refractivity contribution is 6.07. The summed E-state index contributed by atoms with van der Waals surface area (Å²) in [5, 5.41) is 4.65. The van der Waals surface area contributed by atoms with Crippen molar-refractivity contribution in [3.05, 3.63) is 76.9 Å². The number of hydrogen-bond acceptors (Lipinski definition) is 2. The molecule has 5 heteroatoms. The van der Waals surface area contributed by atoms with Crippen LogP contribution in [0, 0.1) is 12.7 Å². The second-order valence-corrected chi connectivity index (χ2v) is 6.56. The molecule has 0 N–H and O–H groups in total. The number of carbonyl (C=O) groups is 1. The number of anilines is 1. The minimum atomic E-state index is -0.307. The molecule has 1 aliphatic rings. The maximum atomic E-state index is 13.3. The fourth-order valence-corrected chi connectivity index (χ4v) is 3.46. The summed E-state index contributed by atoms with van der Waals surface area (Å²) in [5.74, 6) is -0.371. The van der Waals surface area contributed by atoms with E-state index in [-0.39, 0.29) is 11.7 Å². The van der Waals surface area contributed by atoms with Crippen LogP contribution in [0.1, 0.15) is 34.2 Å². The van der Waals surface area contributed by atoms with Crippen LogP contribution in [-0.2, 0) is 12.8 Å². The first-order valence-electron chi connectivity index (χ1n) is 8.83. The van der Waals surface area contributed by atoms with Gasteiger partial charge in [-0.25, -0.2) is 9.07 Å². The molecular weight excluding hydrogens is 329 g/mol. The number of rotatable bonds is 3. The summed E-state index contributed by atoms with van der Waals surface area (Å²) >= 11 is 0. The minimum Gasteiger partial charge on any atom is -0.307 e. The van der Waals surface area contributed by atoms with E-state index < -0.39 is 0 Å². The molecule has 132 valence electrons. The molecule has 0 saturated heterocycles. The summed E-state index contributed by atoms with van der Waals surface area (Å²) in [5.41, 5.74) is 5.26. The molecule has 0 saturated carbocycles. The van der Waals surface area contributed by atoms with Crippen LogP contribution in [-0.4, -0.2) is 22.2 Å². The number of benzene rings is 2. The Kier molecular flexibility index (Phi) is 4.07. The second kappa shape index (κ2) is 6.41. The van der Waals surface area contributed by atoms with Crippen molar-refractivity contribution in [2.24, 2.45) is 0 Å². The molecule has 0 atom stereocenters. The normalized spacial score (nSPS) is 13.8. The van der Waals surface area contributed by atoms with Crippen molar-refractivity contribution >= 4 is 11.6 Å². The lowest BCUT2D eigenvalue weighted by molar-refractivity contribution is 0.0973. The lowest BCUT2D eigenvalue weighted by Gasteiger charge is -2.28. The highest BCUT2D eigenvalue weighted by Gasteiger charge is 2.32. The number of amides is 1. The lowest BCUT2D eigenvalue weighted by atomic mass is 10.0. The van der Waals surface area contributed by atoms with Gasteiger partial charge in [-0.2, -0.15) is 5.10 Å². The Labute approximate surface area is 151 Å². The van der Waals surface area contributed by atoms with Crippen LogP contribution in [0.2, 0.25) is 0 Å². The summed E-state index contributed by atoms with van der Waals surface area (Å²) < 4.78 is 15.0. The van der Waals surface area contributed by atoms with E-state index in [2.05, 4.69) is 5.10 Å². The Morgan fingerprint density at radius 2 is 1.69 bits per heavy atom. The number of aryl methyl sites for hydroxylation is 2. The van der Waals surface area contributed by atoms with Crippen LogP contribution >= 0.6 is 0 Å². The summed E-state index contributed by atoms with van der Waals surface area (Å²) in [6.45, 7) is 4.70. The topological polar surface area (TPSA) is 38.1 Å². The van der Waals surface area contributed by atoms with E-state index in [1.165, 1.54) is 12.1 Å². The molecule has 0 unspecified atom stereocenters. The molecular formula is C21H20FN3O. The number of fused-ring (bicyclic) bond motifs is 1. The molecule has 26 heavy (non-hydrogen) atoms. The van der Waals surface area contributed by atoms with Crippen LogP contribution in [0.15, 0.2) is 48.5 Å².